The second-order valence-corrected chi connectivity index (χ2v) is 7.10. The van der Waals surface area contributed by atoms with E-state index < -0.39 is 30.6 Å². The van der Waals surface area contributed by atoms with Crippen molar-refractivity contribution in [3.8, 4) is 0 Å². The molecule has 3 N–H and O–H groups in total. The number of aliphatic hydroxyl groups is 3. The predicted molar refractivity (Wildman–Crippen MR) is 88.4 cm³/mol. The van der Waals surface area contributed by atoms with E-state index >= 15 is 0 Å². The highest BCUT2D eigenvalue weighted by molar-refractivity contribution is 5.79. The number of hydrogen-bond donors (Lipinski definition) is 3. The summed E-state index contributed by atoms with van der Waals surface area (Å²) in [4.78, 5) is 4.38. The molecule has 0 bridgehead atoms. The maximum absolute atomic E-state index is 10.6. The van der Waals surface area contributed by atoms with E-state index in [2.05, 4.69) is 4.98 Å². The molecule has 1 aliphatic heterocycles. The van der Waals surface area contributed by atoms with Gasteiger partial charge in [0.1, 0.15) is 24.0 Å². The van der Waals surface area contributed by atoms with E-state index in [0.29, 0.717) is 5.65 Å². The van der Waals surface area contributed by atoms with E-state index in [1.807, 2.05) is 25.3 Å². The van der Waals surface area contributed by atoms with Crippen molar-refractivity contribution < 1.29 is 20.1 Å². The third-order valence-corrected chi connectivity index (χ3v) is 5.60. The molecule has 0 spiro atoms. The second kappa shape index (κ2) is 6.11. The quantitative estimate of drug-likeness (QED) is 0.793. The number of ether oxygens (including phenoxy) is 1. The van der Waals surface area contributed by atoms with Crippen LogP contribution < -0.4 is 0 Å². The van der Waals surface area contributed by atoms with Crippen molar-refractivity contribution in [1.29, 1.82) is 0 Å². The van der Waals surface area contributed by atoms with Crippen molar-refractivity contribution in [2.24, 2.45) is 5.92 Å². The monoisotopic (exact) mass is 332 g/mol. The largest absolute Gasteiger partial charge is 0.390 e. The van der Waals surface area contributed by atoms with Gasteiger partial charge in [0, 0.05) is 17.8 Å². The molecule has 6 nitrogen and oxygen atoms in total. The lowest BCUT2D eigenvalue weighted by atomic mass is 9.93. The lowest BCUT2D eigenvalue weighted by Gasteiger charge is -2.25. The zero-order valence-electron chi connectivity index (χ0n) is 13.7. The first-order valence-corrected chi connectivity index (χ1v) is 8.69. The second-order valence-electron chi connectivity index (χ2n) is 7.10. The average molecular weight is 332 g/mol. The fourth-order valence-electron chi connectivity index (χ4n) is 4.16. The molecule has 5 atom stereocenters. The highest BCUT2D eigenvalue weighted by atomic mass is 16.6. The van der Waals surface area contributed by atoms with Gasteiger partial charge in [0.15, 0.2) is 6.23 Å². The van der Waals surface area contributed by atoms with E-state index in [1.54, 1.807) is 10.8 Å². The summed E-state index contributed by atoms with van der Waals surface area (Å²) < 4.78 is 7.67. The number of fused-ring (bicyclic) bond motifs is 1. The molecule has 1 saturated heterocycles. The lowest BCUT2D eigenvalue weighted by molar-refractivity contribution is -0.0997. The van der Waals surface area contributed by atoms with Crippen LogP contribution >= 0.6 is 0 Å². The number of pyridine rings is 1. The molecular weight excluding hydrogens is 308 g/mol. The third kappa shape index (κ3) is 2.45. The molecule has 2 aliphatic rings. The van der Waals surface area contributed by atoms with Crippen LogP contribution in [-0.2, 0) is 4.74 Å². The Balaban J connectivity index is 1.62. The summed E-state index contributed by atoms with van der Waals surface area (Å²) >= 11 is 0. The molecule has 2 fully saturated rings. The number of nitrogens with zero attached hydrogens (tertiary/aromatic N) is 2. The predicted octanol–water partition coefficient (Wildman–Crippen LogP) is 1.52. The molecule has 1 aliphatic carbocycles. The molecule has 130 valence electrons. The van der Waals surface area contributed by atoms with E-state index in [-0.39, 0.29) is 5.92 Å². The molecule has 3 heterocycles. The van der Waals surface area contributed by atoms with Gasteiger partial charge in [-0.1, -0.05) is 12.8 Å². The molecule has 4 rings (SSSR count). The van der Waals surface area contributed by atoms with Crippen LogP contribution in [0.2, 0.25) is 0 Å². The fraction of sp³-hybridized carbons (Fsp3) is 0.611. The van der Waals surface area contributed by atoms with Crippen LogP contribution in [0.4, 0.5) is 0 Å². The molecule has 2 aromatic rings. The Bertz CT molecular complexity index is 725. The van der Waals surface area contributed by atoms with Gasteiger partial charge in [-0.2, -0.15) is 0 Å². The Morgan fingerprint density at radius 3 is 2.71 bits per heavy atom. The van der Waals surface area contributed by atoms with E-state index in [4.69, 9.17) is 4.74 Å². The van der Waals surface area contributed by atoms with Crippen LogP contribution in [0.1, 0.15) is 37.5 Å². The molecule has 1 saturated carbocycles. The molecule has 0 aromatic carbocycles. The molecule has 0 amide bonds. The standard InChI is InChI=1S/C18H24N2O4/c1-10-6-8-19-17-12(10)7-9-20(17)18-15(23)14(22)16(24-18)13(21)11-4-2-3-5-11/h6-9,11,13-16,18,21-23H,2-5H2,1H3/t13-,14-,15+,16+,18+/m0/s1. The summed E-state index contributed by atoms with van der Waals surface area (Å²) in [5.41, 5.74) is 1.80. The van der Waals surface area contributed by atoms with Gasteiger partial charge in [-0.25, -0.2) is 4.98 Å². The van der Waals surface area contributed by atoms with Crippen molar-refractivity contribution in [1.82, 2.24) is 9.55 Å². The van der Waals surface area contributed by atoms with Crippen LogP contribution in [0.15, 0.2) is 24.5 Å². The molecule has 2 aromatic heterocycles. The molecule has 6 heteroatoms. The average Bonchev–Trinajstić information content (AvgIpc) is 3.29. The smallest absolute Gasteiger partial charge is 0.164 e. The Labute approximate surface area is 140 Å². The Morgan fingerprint density at radius 1 is 1.21 bits per heavy atom. The maximum Gasteiger partial charge on any atom is 0.164 e. The summed E-state index contributed by atoms with van der Waals surface area (Å²) in [5, 5.41) is 32.5. The van der Waals surface area contributed by atoms with Gasteiger partial charge in [0.05, 0.1) is 6.10 Å². The van der Waals surface area contributed by atoms with Crippen LogP contribution in [0.3, 0.4) is 0 Å². The Morgan fingerprint density at radius 2 is 1.96 bits per heavy atom. The topological polar surface area (TPSA) is 87.7 Å². The van der Waals surface area contributed by atoms with E-state index in [0.717, 1.165) is 36.6 Å². The highest BCUT2D eigenvalue weighted by Gasteiger charge is 2.48. The maximum atomic E-state index is 10.6. The third-order valence-electron chi connectivity index (χ3n) is 5.60. The Hall–Kier alpha value is -1.47. The summed E-state index contributed by atoms with van der Waals surface area (Å²) in [5.74, 6) is 0.136. The molecular formula is C18H24N2O4. The molecule has 24 heavy (non-hydrogen) atoms. The van der Waals surface area contributed by atoms with Gasteiger partial charge in [0.25, 0.3) is 0 Å². The number of aromatic nitrogens is 2. The van der Waals surface area contributed by atoms with Gasteiger partial charge in [-0.05, 0) is 43.4 Å². The zero-order valence-corrected chi connectivity index (χ0v) is 13.7. The van der Waals surface area contributed by atoms with Crippen LogP contribution in [-0.4, -0.2) is 49.3 Å². The van der Waals surface area contributed by atoms with E-state index in [1.165, 1.54) is 0 Å². The van der Waals surface area contributed by atoms with Gasteiger partial charge in [-0.3, -0.25) is 0 Å². The highest BCUT2D eigenvalue weighted by Crippen LogP contribution is 2.38. The minimum absolute atomic E-state index is 0.136. The van der Waals surface area contributed by atoms with Crippen molar-refractivity contribution in [2.45, 2.75) is 63.3 Å². The number of hydrogen-bond acceptors (Lipinski definition) is 5. The summed E-state index contributed by atoms with van der Waals surface area (Å²) in [7, 11) is 0. The van der Waals surface area contributed by atoms with Gasteiger partial charge >= 0.3 is 0 Å². The molecule has 0 radical (unpaired) electrons. The van der Waals surface area contributed by atoms with E-state index in [9.17, 15) is 15.3 Å². The first-order chi connectivity index (χ1) is 11.6. The minimum Gasteiger partial charge on any atom is -0.390 e. The van der Waals surface area contributed by atoms with Gasteiger partial charge in [0.2, 0.25) is 0 Å². The van der Waals surface area contributed by atoms with Crippen molar-refractivity contribution >= 4 is 11.0 Å². The fourth-order valence-corrected chi connectivity index (χ4v) is 4.16. The van der Waals surface area contributed by atoms with Crippen LogP contribution in [0.5, 0.6) is 0 Å². The Kier molecular flexibility index (Phi) is 4.08. The first-order valence-electron chi connectivity index (χ1n) is 8.69. The lowest BCUT2D eigenvalue weighted by Crippen LogP contribution is -2.41. The normalized spacial score (nSPS) is 32.7. The van der Waals surface area contributed by atoms with Crippen molar-refractivity contribution in [3.63, 3.8) is 0 Å². The number of rotatable bonds is 3. The first kappa shape index (κ1) is 16.0. The van der Waals surface area contributed by atoms with Gasteiger partial charge < -0.3 is 24.6 Å². The van der Waals surface area contributed by atoms with Crippen LogP contribution in [0, 0.1) is 12.8 Å². The number of aliphatic hydroxyl groups excluding tert-OH is 3. The minimum atomic E-state index is -1.10. The summed E-state index contributed by atoms with van der Waals surface area (Å²) in [6, 6.07) is 3.86. The SMILES string of the molecule is Cc1ccnc2c1ccn2[C@@H]1O[C@H]([C@@H](O)C2CCCC2)[C@@H](O)[C@H]1O. The van der Waals surface area contributed by atoms with Gasteiger partial charge in [-0.15, -0.1) is 0 Å². The van der Waals surface area contributed by atoms with Crippen molar-refractivity contribution in [2.75, 3.05) is 0 Å². The summed E-state index contributed by atoms with van der Waals surface area (Å²) in [6.45, 7) is 2.00. The number of aryl methyl sites for hydroxylation is 1. The molecule has 0 unspecified atom stereocenters. The van der Waals surface area contributed by atoms with Crippen molar-refractivity contribution in [3.05, 3.63) is 30.1 Å². The zero-order chi connectivity index (χ0) is 16.8. The van der Waals surface area contributed by atoms with Crippen LogP contribution in [0.25, 0.3) is 11.0 Å². The summed E-state index contributed by atoms with van der Waals surface area (Å²) in [6.07, 6.45) is 3.17.